The number of nitrogens with one attached hydrogen (secondary N) is 2. The fourth-order valence-electron chi connectivity index (χ4n) is 3.59. The molecule has 0 aromatic heterocycles. The molecule has 144 valence electrons. The number of aliphatic imine (C=N–C) groups is 1. The molecule has 1 spiro atoms. The molecule has 2 N–H and O–H groups in total. The maximum atomic E-state index is 12.9. The highest BCUT2D eigenvalue weighted by atomic mass is 32.2. The zero-order chi connectivity index (χ0) is 19.0. The number of amidine groups is 1. The van der Waals surface area contributed by atoms with Gasteiger partial charge < -0.3 is 10.6 Å². The summed E-state index contributed by atoms with van der Waals surface area (Å²) < 4.78 is 27.5. The molecule has 7 heteroatoms. The van der Waals surface area contributed by atoms with Gasteiger partial charge in [0.1, 0.15) is 5.84 Å². The Morgan fingerprint density at radius 3 is 2.35 bits per heavy atom. The first-order valence-electron chi connectivity index (χ1n) is 9.27. The Morgan fingerprint density at radius 2 is 1.77 bits per heavy atom. The van der Waals surface area contributed by atoms with Crippen LogP contribution in [0.1, 0.15) is 39.2 Å². The maximum Gasteiger partial charge on any atom is 0.243 e. The molecule has 0 aliphatic carbocycles. The average Bonchev–Trinajstić information content (AvgIpc) is 2.57. The number of nitrogens with zero attached hydrogens (tertiary/aromatic N) is 2. The predicted octanol–water partition coefficient (Wildman–Crippen LogP) is 1.91. The molecule has 6 nitrogen and oxygen atoms in total. The van der Waals surface area contributed by atoms with Gasteiger partial charge in [-0.2, -0.15) is 4.31 Å². The average molecular weight is 379 g/mol. The van der Waals surface area contributed by atoms with Gasteiger partial charge in [-0.1, -0.05) is 17.7 Å². The third kappa shape index (κ3) is 3.94. The van der Waals surface area contributed by atoms with Crippen molar-refractivity contribution >= 4 is 15.9 Å². The Morgan fingerprint density at radius 1 is 1.15 bits per heavy atom. The summed E-state index contributed by atoms with van der Waals surface area (Å²) in [6.07, 6.45) is 1.44. The van der Waals surface area contributed by atoms with E-state index in [4.69, 9.17) is 4.99 Å². The van der Waals surface area contributed by atoms with E-state index in [2.05, 4.69) is 31.4 Å². The van der Waals surface area contributed by atoms with Crippen LogP contribution in [0.2, 0.25) is 0 Å². The Bertz CT molecular complexity index is 771. The van der Waals surface area contributed by atoms with Gasteiger partial charge in [-0.05, 0) is 52.7 Å². The van der Waals surface area contributed by atoms with Crippen molar-refractivity contribution in [3.63, 3.8) is 0 Å². The lowest BCUT2D eigenvalue weighted by Gasteiger charge is -2.46. The van der Waals surface area contributed by atoms with Gasteiger partial charge in [0.05, 0.1) is 17.0 Å². The van der Waals surface area contributed by atoms with Crippen molar-refractivity contribution in [3.8, 4) is 0 Å². The Labute approximate surface area is 157 Å². The predicted molar refractivity (Wildman–Crippen MR) is 105 cm³/mol. The van der Waals surface area contributed by atoms with Crippen LogP contribution in [0.4, 0.5) is 0 Å². The van der Waals surface area contributed by atoms with Gasteiger partial charge in [0.2, 0.25) is 10.0 Å². The first kappa shape index (κ1) is 19.3. The molecule has 2 aliphatic rings. The van der Waals surface area contributed by atoms with Crippen LogP contribution in [-0.2, 0) is 10.0 Å². The number of hydrogen-bond donors (Lipinski definition) is 2. The van der Waals surface area contributed by atoms with Crippen LogP contribution < -0.4 is 10.6 Å². The van der Waals surface area contributed by atoms with Crippen LogP contribution in [-0.4, -0.2) is 55.8 Å². The molecule has 0 radical (unpaired) electrons. The molecule has 1 aromatic rings. The Kier molecular flexibility index (Phi) is 5.16. The first-order valence-corrected chi connectivity index (χ1v) is 10.7. The number of rotatable bonds is 2. The molecule has 0 bridgehead atoms. The number of benzene rings is 1. The van der Waals surface area contributed by atoms with Crippen molar-refractivity contribution in [2.24, 2.45) is 4.99 Å². The minimum atomic E-state index is -3.44. The van der Waals surface area contributed by atoms with Crippen molar-refractivity contribution in [3.05, 3.63) is 29.8 Å². The molecule has 3 rings (SSSR count). The van der Waals surface area contributed by atoms with E-state index in [-0.39, 0.29) is 11.1 Å². The molecule has 0 amide bonds. The second-order valence-corrected chi connectivity index (χ2v) is 10.3. The van der Waals surface area contributed by atoms with Crippen molar-refractivity contribution < 1.29 is 8.42 Å². The Balaban J connectivity index is 1.76. The lowest BCUT2D eigenvalue weighted by molar-refractivity contribution is 0.238. The third-order valence-corrected chi connectivity index (χ3v) is 6.94. The van der Waals surface area contributed by atoms with Crippen LogP contribution in [0.5, 0.6) is 0 Å². The monoisotopic (exact) mass is 378 g/mol. The Hall–Kier alpha value is -1.44. The van der Waals surface area contributed by atoms with Gasteiger partial charge in [0, 0.05) is 25.2 Å². The van der Waals surface area contributed by atoms with Crippen molar-refractivity contribution in [1.82, 2.24) is 14.9 Å². The van der Waals surface area contributed by atoms with Crippen LogP contribution in [0.3, 0.4) is 0 Å². The molecule has 1 fully saturated rings. The first-order chi connectivity index (χ1) is 12.1. The van der Waals surface area contributed by atoms with Crippen molar-refractivity contribution in [2.45, 2.75) is 56.5 Å². The third-order valence-electron chi connectivity index (χ3n) is 5.03. The largest absolute Gasteiger partial charge is 0.368 e. The van der Waals surface area contributed by atoms with E-state index in [1.807, 2.05) is 19.1 Å². The van der Waals surface area contributed by atoms with E-state index >= 15 is 0 Å². The smallest absolute Gasteiger partial charge is 0.243 e. The van der Waals surface area contributed by atoms with Gasteiger partial charge in [-0.3, -0.25) is 4.99 Å². The molecule has 0 unspecified atom stereocenters. The van der Waals surface area contributed by atoms with E-state index in [9.17, 15) is 8.42 Å². The molecule has 1 aromatic carbocycles. The minimum Gasteiger partial charge on any atom is -0.368 e. The minimum absolute atomic E-state index is 0.0734. The summed E-state index contributed by atoms with van der Waals surface area (Å²) in [5, 5.41) is 7.14. The van der Waals surface area contributed by atoms with E-state index in [1.165, 1.54) is 0 Å². The summed E-state index contributed by atoms with van der Waals surface area (Å²) in [5.74, 6) is 0.976. The highest BCUT2D eigenvalue weighted by molar-refractivity contribution is 7.89. The molecule has 2 heterocycles. The summed E-state index contributed by atoms with van der Waals surface area (Å²) in [6, 6.07) is 7.09. The van der Waals surface area contributed by atoms with E-state index in [0.29, 0.717) is 18.0 Å². The standard InChI is InChI=1S/C19H30N4O2S/c1-15-5-7-16(8-6-15)26(24,25)23-13-9-19(10-14-23)17(20-11-12-21-19)22-18(2,3)4/h5-8,21H,9-14H2,1-4H3,(H,20,22). The van der Waals surface area contributed by atoms with Crippen molar-refractivity contribution in [2.75, 3.05) is 26.2 Å². The molecular weight excluding hydrogens is 348 g/mol. The quantitative estimate of drug-likeness (QED) is 0.824. The number of hydrogen-bond acceptors (Lipinski definition) is 5. The second kappa shape index (κ2) is 6.94. The van der Waals surface area contributed by atoms with Gasteiger partial charge in [-0.25, -0.2) is 8.42 Å². The molecule has 26 heavy (non-hydrogen) atoms. The zero-order valence-corrected chi connectivity index (χ0v) is 17.0. The second-order valence-electron chi connectivity index (χ2n) is 8.33. The molecule has 0 atom stereocenters. The van der Waals surface area contributed by atoms with Crippen LogP contribution in [0, 0.1) is 6.92 Å². The zero-order valence-electron chi connectivity index (χ0n) is 16.2. The summed E-state index contributed by atoms with van der Waals surface area (Å²) in [6.45, 7) is 10.9. The molecule has 1 saturated heterocycles. The SMILES string of the molecule is Cc1ccc(S(=O)(=O)N2CCC3(CC2)NCCN=C3NC(C)(C)C)cc1. The number of piperidine rings is 1. The lowest BCUT2D eigenvalue weighted by atomic mass is 9.85. The summed E-state index contributed by atoms with van der Waals surface area (Å²) in [4.78, 5) is 5.09. The van der Waals surface area contributed by atoms with Crippen molar-refractivity contribution in [1.29, 1.82) is 0 Å². The van der Waals surface area contributed by atoms with Crippen LogP contribution in [0.25, 0.3) is 0 Å². The molecule has 0 saturated carbocycles. The molecular formula is C19H30N4O2S. The van der Waals surface area contributed by atoms with E-state index in [0.717, 1.165) is 37.3 Å². The van der Waals surface area contributed by atoms with Crippen LogP contribution >= 0.6 is 0 Å². The highest BCUT2D eigenvalue weighted by Crippen LogP contribution is 2.29. The fraction of sp³-hybridized carbons (Fsp3) is 0.632. The van der Waals surface area contributed by atoms with Gasteiger partial charge in [0.25, 0.3) is 0 Å². The van der Waals surface area contributed by atoms with Gasteiger partial charge in [0.15, 0.2) is 0 Å². The van der Waals surface area contributed by atoms with E-state index in [1.54, 1.807) is 16.4 Å². The number of aryl methyl sites for hydroxylation is 1. The van der Waals surface area contributed by atoms with Crippen LogP contribution in [0.15, 0.2) is 34.2 Å². The summed E-state index contributed by atoms with van der Waals surface area (Å²) in [5.41, 5.74) is 0.739. The summed E-state index contributed by atoms with van der Waals surface area (Å²) in [7, 11) is -3.44. The lowest BCUT2D eigenvalue weighted by Crippen LogP contribution is -2.66. The van der Waals surface area contributed by atoms with Gasteiger partial charge >= 0.3 is 0 Å². The maximum absolute atomic E-state index is 12.9. The highest BCUT2D eigenvalue weighted by Gasteiger charge is 2.43. The number of sulfonamides is 1. The normalized spacial score (nSPS) is 21.5. The fourth-order valence-corrected chi connectivity index (χ4v) is 5.03. The molecule has 2 aliphatic heterocycles. The topological polar surface area (TPSA) is 73.8 Å². The summed E-state index contributed by atoms with van der Waals surface area (Å²) >= 11 is 0. The van der Waals surface area contributed by atoms with E-state index < -0.39 is 10.0 Å². The van der Waals surface area contributed by atoms with Gasteiger partial charge in [-0.15, -0.1) is 0 Å².